The molecular weight excluding hydrogens is 92.1 g/mol. The van der Waals surface area contributed by atoms with Crippen molar-refractivity contribution >= 4 is 5.91 Å². The lowest BCUT2D eigenvalue weighted by Crippen LogP contribution is -2.82. The van der Waals surface area contributed by atoms with Gasteiger partial charge in [-0.3, -0.25) is 4.79 Å². The molecular formula is C4H11N2O+. The molecule has 0 fully saturated rings. The van der Waals surface area contributed by atoms with Crippen LogP contribution < -0.4 is 10.6 Å². The highest BCUT2D eigenvalue weighted by molar-refractivity contribution is 5.76. The SMILES string of the molecule is CNC(=O)C[NH2+]C. The molecule has 42 valence electrons. The fourth-order valence-corrected chi connectivity index (χ4v) is 0.287. The monoisotopic (exact) mass is 103 g/mol. The Morgan fingerprint density at radius 3 is 2.57 bits per heavy atom. The van der Waals surface area contributed by atoms with E-state index in [1.54, 1.807) is 7.05 Å². The molecule has 0 aliphatic rings. The smallest absolute Gasteiger partial charge is 0.274 e. The molecule has 0 aromatic rings. The third-order valence-corrected chi connectivity index (χ3v) is 0.668. The lowest BCUT2D eigenvalue weighted by Gasteiger charge is -1.90. The highest BCUT2D eigenvalue weighted by atomic mass is 16.1. The van der Waals surface area contributed by atoms with Crippen LogP contribution in [0.3, 0.4) is 0 Å². The molecule has 0 saturated heterocycles. The van der Waals surface area contributed by atoms with Gasteiger partial charge in [-0.05, 0) is 0 Å². The molecule has 0 aliphatic carbocycles. The Hall–Kier alpha value is -0.570. The number of nitrogens with one attached hydrogen (secondary N) is 1. The van der Waals surface area contributed by atoms with Crippen LogP contribution in [0.2, 0.25) is 0 Å². The van der Waals surface area contributed by atoms with Crippen molar-refractivity contribution in [2.45, 2.75) is 0 Å². The van der Waals surface area contributed by atoms with Gasteiger partial charge in [0.25, 0.3) is 5.91 Å². The zero-order valence-electron chi connectivity index (χ0n) is 4.69. The maximum atomic E-state index is 10.3. The fraction of sp³-hybridized carbons (Fsp3) is 0.750. The molecule has 0 aliphatic heterocycles. The van der Waals surface area contributed by atoms with Gasteiger partial charge in [0.05, 0.1) is 7.05 Å². The summed E-state index contributed by atoms with van der Waals surface area (Å²) in [5.41, 5.74) is 0. The van der Waals surface area contributed by atoms with Crippen molar-refractivity contribution in [1.29, 1.82) is 0 Å². The zero-order chi connectivity index (χ0) is 5.70. The number of rotatable bonds is 2. The Labute approximate surface area is 43.1 Å². The second kappa shape index (κ2) is 3.61. The van der Waals surface area contributed by atoms with Crippen molar-refractivity contribution in [3.05, 3.63) is 0 Å². The van der Waals surface area contributed by atoms with Gasteiger partial charge in [-0.2, -0.15) is 0 Å². The Morgan fingerprint density at radius 2 is 2.43 bits per heavy atom. The molecule has 0 saturated carbocycles. The maximum Gasteiger partial charge on any atom is 0.274 e. The molecule has 0 atom stereocenters. The highest BCUT2D eigenvalue weighted by Gasteiger charge is 1.92. The first-order valence-corrected chi connectivity index (χ1v) is 2.29. The number of hydrogen-bond acceptors (Lipinski definition) is 1. The summed E-state index contributed by atoms with van der Waals surface area (Å²) < 4.78 is 0. The molecule has 0 unspecified atom stereocenters. The van der Waals surface area contributed by atoms with E-state index in [-0.39, 0.29) is 5.91 Å². The number of carbonyl (C=O) groups is 1. The van der Waals surface area contributed by atoms with Crippen LogP contribution in [0.25, 0.3) is 0 Å². The standard InChI is InChI=1S/C4H10N2O/c1-5-3-4(7)6-2/h5H,3H2,1-2H3,(H,6,7)/p+1. The Balaban J connectivity index is 3.00. The van der Waals surface area contributed by atoms with E-state index in [0.29, 0.717) is 6.54 Å². The minimum absolute atomic E-state index is 0.0718. The van der Waals surface area contributed by atoms with Crippen LogP contribution in [-0.4, -0.2) is 26.5 Å². The van der Waals surface area contributed by atoms with Crippen molar-refractivity contribution in [3.63, 3.8) is 0 Å². The largest absolute Gasteiger partial charge is 0.354 e. The number of hydrogen-bond donors (Lipinski definition) is 2. The quantitative estimate of drug-likeness (QED) is 0.414. The molecule has 7 heavy (non-hydrogen) atoms. The Bertz CT molecular complexity index is 62.7. The zero-order valence-corrected chi connectivity index (χ0v) is 4.69. The van der Waals surface area contributed by atoms with E-state index in [2.05, 4.69) is 5.32 Å². The van der Waals surface area contributed by atoms with E-state index in [0.717, 1.165) is 0 Å². The van der Waals surface area contributed by atoms with Gasteiger partial charge in [-0.25, -0.2) is 0 Å². The average Bonchev–Trinajstić information content (AvgIpc) is 1.68. The Kier molecular flexibility index (Phi) is 3.32. The molecule has 3 heteroatoms. The van der Waals surface area contributed by atoms with Gasteiger partial charge in [0.1, 0.15) is 0 Å². The van der Waals surface area contributed by atoms with Gasteiger partial charge in [-0.15, -0.1) is 0 Å². The topological polar surface area (TPSA) is 45.7 Å². The summed E-state index contributed by atoms with van der Waals surface area (Å²) in [5, 5.41) is 4.31. The second-order valence-electron chi connectivity index (χ2n) is 1.29. The molecule has 0 aromatic carbocycles. The highest BCUT2D eigenvalue weighted by Crippen LogP contribution is 1.45. The predicted octanol–water partition coefficient (Wildman–Crippen LogP) is -2.07. The van der Waals surface area contributed by atoms with Crippen LogP contribution in [0, 0.1) is 0 Å². The number of quaternary nitrogens is 1. The molecule has 0 aromatic heterocycles. The van der Waals surface area contributed by atoms with Crippen LogP contribution in [0.15, 0.2) is 0 Å². The third-order valence-electron chi connectivity index (χ3n) is 0.668. The number of nitrogens with two attached hydrogens (primary N) is 1. The minimum atomic E-state index is 0.0718. The van der Waals surface area contributed by atoms with Crippen LogP contribution in [0.5, 0.6) is 0 Å². The molecule has 1 amide bonds. The van der Waals surface area contributed by atoms with E-state index < -0.39 is 0 Å². The van der Waals surface area contributed by atoms with E-state index in [1.165, 1.54) is 0 Å². The van der Waals surface area contributed by atoms with Gasteiger partial charge in [0, 0.05) is 7.05 Å². The van der Waals surface area contributed by atoms with Crippen molar-refractivity contribution in [3.8, 4) is 0 Å². The lowest BCUT2D eigenvalue weighted by atomic mass is 10.6. The van der Waals surface area contributed by atoms with Gasteiger partial charge in [-0.1, -0.05) is 0 Å². The van der Waals surface area contributed by atoms with E-state index in [1.807, 2.05) is 12.4 Å². The first kappa shape index (κ1) is 6.43. The summed E-state index contributed by atoms with van der Waals surface area (Å²) in [6, 6.07) is 0. The molecule has 0 rings (SSSR count). The van der Waals surface area contributed by atoms with Crippen molar-refractivity contribution in [2.24, 2.45) is 0 Å². The van der Waals surface area contributed by atoms with E-state index in [4.69, 9.17) is 0 Å². The Morgan fingerprint density at radius 1 is 1.86 bits per heavy atom. The molecule has 0 heterocycles. The molecule has 0 spiro atoms. The van der Waals surface area contributed by atoms with Gasteiger partial charge < -0.3 is 10.6 Å². The minimum Gasteiger partial charge on any atom is -0.354 e. The van der Waals surface area contributed by atoms with Crippen molar-refractivity contribution in [1.82, 2.24) is 5.32 Å². The fourth-order valence-electron chi connectivity index (χ4n) is 0.287. The molecule has 0 radical (unpaired) electrons. The summed E-state index contributed by atoms with van der Waals surface area (Å²) in [6.07, 6.45) is 0. The summed E-state index contributed by atoms with van der Waals surface area (Å²) in [6.45, 7) is 0.524. The summed E-state index contributed by atoms with van der Waals surface area (Å²) >= 11 is 0. The van der Waals surface area contributed by atoms with Gasteiger partial charge in [0.15, 0.2) is 6.54 Å². The molecule has 3 N–H and O–H groups in total. The first-order chi connectivity index (χ1) is 3.31. The normalized spacial score (nSPS) is 8.29. The van der Waals surface area contributed by atoms with Gasteiger partial charge in [0.2, 0.25) is 0 Å². The van der Waals surface area contributed by atoms with Crippen LogP contribution in [-0.2, 0) is 4.79 Å². The van der Waals surface area contributed by atoms with Crippen LogP contribution in [0.1, 0.15) is 0 Å². The summed E-state index contributed by atoms with van der Waals surface area (Å²) in [7, 11) is 3.49. The average molecular weight is 103 g/mol. The summed E-state index contributed by atoms with van der Waals surface area (Å²) in [4.78, 5) is 10.3. The number of carbonyl (C=O) groups excluding carboxylic acids is 1. The molecule has 3 nitrogen and oxygen atoms in total. The predicted molar refractivity (Wildman–Crippen MR) is 26.8 cm³/mol. The van der Waals surface area contributed by atoms with E-state index in [9.17, 15) is 4.79 Å². The number of likely N-dealkylation sites (N-methyl/N-ethyl adjacent to an activating group) is 2. The van der Waals surface area contributed by atoms with Crippen LogP contribution >= 0.6 is 0 Å². The van der Waals surface area contributed by atoms with Gasteiger partial charge >= 0.3 is 0 Å². The van der Waals surface area contributed by atoms with Crippen molar-refractivity contribution in [2.75, 3.05) is 20.6 Å². The second-order valence-corrected chi connectivity index (χ2v) is 1.29. The van der Waals surface area contributed by atoms with Crippen LogP contribution in [0.4, 0.5) is 0 Å². The lowest BCUT2D eigenvalue weighted by molar-refractivity contribution is -0.615. The van der Waals surface area contributed by atoms with Crippen molar-refractivity contribution < 1.29 is 10.1 Å². The van der Waals surface area contributed by atoms with E-state index >= 15 is 0 Å². The third kappa shape index (κ3) is 3.26. The molecule has 0 bridgehead atoms. The summed E-state index contributed by atoms with van der Waals surface area (Å²) in [5.74, 6) is 0.0718. The number of amides is 1. The first-order valence-electron chi connectivity index (χ1n) is 2.29. The maximum absolute atomic E-state index is 10.3.